The third kappa shape index (κ3) is 5.33. The van der Waals surface area contributed by atoms with Crippen LogP contribution in [0.5, 0.6) is 0 Å². The number of fused-ring (bicyclic) bond motifs is 3. The predicted molar refractivity (Wildman–Crippen MR) is 142 cm³/mol. The lowest BCUT2D eigenvalue weighted by atomic mass is 9.81. The van der Waals surface area contributed by atoms with Crippen LogP contribution >= 0.6 is 26.8 Å². The molecule has 0 amide bonds. The SMILES string of the molecule is O=P(O)(O)CP(=O)(O)OCC1OC(n2cnc3c(N4CC5(CCCC5)c5ccc(F)cc54)nc(Cl)nc32)C(O)C1O. The first-order chi connectivity index (χ1) is 19.3. The van der Waals surface area contributed by atoms with Gasteiger partial charge < -0.3 is 39.1 Å². The fourth-order valence-corrected chi connectivity index (χ4v) is 8.86. The van der Waals surface area contributed by atoms with Crippen LogP contribution in [0.4, 0.5) is 15.9 Å². The van der Waals surface area contributed by atoms with Gasteiger partial charge in [-0.3, -0.25) is 13.7 Å². The lowest BCUT2D eigenvalue weighted by Gasteiger charge is -2.25. The van der Waals surface area contributed by atoms with Crippen LogP contribution in [0.25, 0.3) is 11.2 Å². The highest BCUT2D eigenvalue weighted by Gasteiger charge is 2.48. The smallest absolute Gasteiger partial charge is 0.340 e. The van der Waals surface area contributed by atoms with Gasteiger partial charge in [-0.15, -0.1) is 0 Å². The lowest BCUT2D eigenvalue weighted by Crippen LogP contribution is -2.33. The van der Waals surface area contributed by atoms with E-state index in [0.29, 0.717) is 18.1 Å². The third-order valence-corrected chi connectivity index (χ3v) is 11.5. The zero-order valence-electron chi connectivity index (χ0n) is 21.3. The third-order valence-electron chi connectivity index (χ3n) is 7.89. The van der Waals surface area contributed by atoms with Gasteiger partial charge in [0, 0.05) is 17.6 Å². The Hall–Kier alpha value is -2.03. The van der Waals surface area contributed by atoms with Gasteiger partial charge in [0.2, 0.25) is 5.28 Å². The van der Waals surface area contributed by atoms with Gasteiger partial charge in [-0.05, 0) is 42.1 Å². The van der Waals surface area contributed by atoms with Crippen LogP contribution in [0.1, 0.15) is 37.5 Å². The van der Waals surface area contributed by atoms with E-state index in [9.17, 15) is 28.6 Å². The largest absolute Gasteiger partial charge is 0.387 e. The summed E-state index contributed by atoms with van der Waals surface area (Å²) in [7, 11) is -9.59. The van der Waals surface area contributed by atoms with Gasteiger partial charge >= 0.3 is 15.2 Å². The number of anilines is 2. The van der Waals surface area contributed by atoms with Crippen molar-refractivity contribution in [2.24, 2.45) is 0 Å². The van der Waals surface area contributed by atoms with Crippen molar-refractivity contribution in [3.05, 3.63) is 41.2 Å². The van der Waals surface area contributed by atoms with Crippen LogP contribution in [0.15, 0.2) is 24.5 Å². The molecule has 1 aliphatic carbocycles. The molecular formula is C23H27ClFN5O9P2. The van der Waals surface area contributed by atoms with Crippen molar-refractivity contribution < 1.29 is 47.7 Å². The van der Waals surface area contributed by atoms with Crippen molar-refractivity contribution in [3.8, 4) is 0 Å². The van der Waals surface area contributed by atoms with Crippen LogP contribution in [0.3, 0.4) is 0 Å². The van der Waals surface area contributed by atoms with Crippen molar-refractivity contribution in [1.82, 2.24) is 19.5 Å². The highest BCUT2D eigenvalue weighted by Crippen LogP contribution is 2.56. The van der Waals surface area contributed by atoms with E-state index in [0.717, 1.165) is 31.2 Å². The average molecular weight is 634 g/mol. The number of ether oxygens (including phenoxy) is 1. The summed E-state index contributed by atoms with van der Waals surface area (Å²) in [5.74, 6) is -1.48. The van der Waals surface area contributed by atoms with Crippen molar-refractivity contribution >= 4 is 49.5 Å². The number of rotatable bonds is 7. The minimum Gasteiger partial charge on any atom is -0.387 e. The molecule has 4 heterocycles. The number of hydrogen-bond donors (Lipinski definition) is 5. The molecule has 2 aliphatic heterocycles. The fourth-order valence-electron chi connectivity index (χ4n) is 6.13. The summed E-state index contributed by atoms with van der Waals surface area (Å²) >= 11 is 6.33. The summed E-state index contributed by atoms with van der Waals surface area (Å²) in [4.78, 5) is 42.7. The molecule has 18 heteroatoms. The van der Waals surface area contributed by atoms with Crippen LogP contribution < -0.4 is 4.90 Å². The zero-order valence-corrected chi connectivity index (χ0v) is 23.9. The molecule has 1 aromatic carbocycles. The number of nitrogens with zero attached hydrogens (tertiary/aromatic N) is 5. The van der Waals surface area contributed by atoms with Crippen molar-refractivity contribution in [2.75, 3.05) is 24.0 Å². The fraction of sp³-hybridized carbons (Fsp3) is 0.522. The molecule has 5 N–H and O–H groups in total. The molecular weight excluding hydrogens is 607 g/mol. The second kappa shape index (κ2) is 10.3. The van der Waals surface area contributed by atoms with Gasteiger partial charge in [0.15, 0.2) is 29.1 Å². The van der Waals surface area contributed by atoms with Gasteiger partial charge in [0.1, 0.15) is 24.1 Å². The predicted octanol–water partition coefficient (Wildman–Crippen LogP) is 2.54. The van der Waals surface area contributed by atoms with Crippen molar-refractivity contribution in [1.29, 1.82) is 0 Å². The molecule has 6 rings (SSSR count). The van der Waals surface area contributed by atoms with E-state index in [1.165, 1.54) is 23.0 Å². The standard InChI is InChI=1S/C23H27ClFN5O9P2/c24-22-27-19(29-9-23(5-1-2-6-23)13-4-3-12(25)7-14(13)29)16-20(28-22)30(10-26-16)21-18(32)17(31)15(39-21)8-38-41(36,37)11-40(33,34)35/h3-4,7,10,15,17-18,21,31-32H,1-2,5-6,8-9,11H2,(H,36,37)(H2,33,34,35). The Labute approximate surface area is 237 Å². The minimum atomic E-state index is -4.86. The van der Waals surface area contributed by atoms with Gasteiger partial charge in [-0.1, -0.05) is 18.9 Å². The van der Waals surface area contributed by atoms with Crippen LogP contribution in [-0.2, 0) is 23.8 Å². The molecule has 41 heavy (non-hydrogen) atoms. The number of benzene rings is 1. The van der Waals surface area contributed by atoms with E-state index < -0.39 is 58.1 Å². The molecule has 1 saturated heterocycles. The topological polar surface area (TPSA) is 201 Å². The number of hydrogen-bond acceptors (Lipinski definition) is 10. The molecule has 0 bridgehead atoms. The number of halogens is 2. The number of imidazole rings is 1. The Kier molecular flexibility index (Phi) is 7.30. The first-order valence-electron chi connectivity index (χ1n) is 12.8. The molecule has 14 nitrogen and oxygen atoms in total. The monoisotopic (exact) mass is 633 g/mol. The summed E-state index contributed by atoms with van der Waals surface area (Å²) in [6.07, 6.45) is -0.497. The van der Waals surface area contributed by atoms with E-state index in [1.807, 2.05) is 11.0 Å². The Balaban J connectivity index is 1.31. The maximum absolute atomic E-state index is 14.4. The molecule has 0 radical (unpaired) electrons. The normalized spacial score (nSPS) is 27.1. The van der Waals surface area contributed by atoms with Crippen LogP contribution in [0.2, 0.25) is 5.28 Å². The average Bonchev–Trinajstić information content (AvgIpc) is 3.64. The summed E-state index contributed by atoms with van der Waals surface area (Å²) in [6, 6.07) is 4.72. The Morgan fingerprint density at radius 3 is 2.59 bits per heavy atom. The molecule has 5 unspecified atom stereocenters. The van der Waals surface area contributed by atoms with Crippen molar-refractivity contribution in [3.63, 3.8) is 0 Å². The van der Waals surface area contributed by atoms with Gasteiger partial charge in [-0.2, -0.15) is 9.97 Å². The maximum Gasteiger partial charge on any atom is 0.340 e. The van der Waals surface area contributed by atoms with Crippen LogP contribution in [0, 0.1) is 5.82 Å². The number of aliphatic hydroxyl groups excluding tert-OH is 2. The van der Waals surface area contributed by atoms with E-state index in [-0.39, 0.29) is 21.9 Å². The van der Waals surface area contributed by atoms with E-state index in [4.69, 9.17) is 30.6 Å². The summed E-state index contributed by atoms with van der Waals surface area (Å²) in [6.45, 7) is -0.202. The molecule has 2 fully saturated rings. The molecule has 1 spiro atoms. The highest BCUT2D eigenvalue weighted by molar-refractivity contribution is 7.70. The summed E-state index contributed by atoms with van der Waals surface area (Å²) < 4.78 is 49.4. The van der Waals surface area contributed by atoms with Gasteiger partial charge in [0.25, 0.3) is 0 Å². The molecule has 1 saturated carbocycles. The van der Waals surface area contributed by atoms with Gasteiger partial charge in [-0.25, -0.2) is 9.37 Å². The second-order valence-electron chi connectivity index (χ2n) is 10.7. The quantitative estimate of drug-likeness (QED) is 0.188. The lowest BCUT2D eigenvalue weighted by molar-refractivity contribution is -0.0483. The van der Waals surface area contributed by atoms with E-state index in [1.54, 1.807) is 0 Å². The Morgan fingerprint density at radius 2 is 1.88 bits per heavy atom. The Morgan fingerprint density at radius 1 is 1.15 bits per heavy atom. The number of aromatic nitrogens is 4. The number of aliphatic hydroxyl groups is 2. The molecule has 5 atom stereocenters. The maximum atomic E-state index is 14.4. The molecule has 3 aromatic rings. The zero-order chi connectivity index (χ0) is 29.3. The molecule has 222 valence electrons. The minimum absolute atomic E-state index is 0.147. The Bertz CT molecular complexity index is 1600. The molecule has 3 aliphatic rings. The van der Waals surface area contributed by atoms with E-state index >= 15 is 0 Å². The first kappa shape index (κ1) is 29.1. The second-order valence-corrected chi connectivity index (χ2v) is 15.0. The summed E-state index contributed by atoms with van der Waals surface area (Å²) in [5.41, 5.74) is 1.96. The summed E-state index contributed by atoms with van der Waals surface area (Å²) in [5, 5.41) is 21.2. The highest BCUT2D eigenvalue weighted by atomic mass is 35.5. The first-order valence-corrected chi connectivity index (χ1v) is 16.7. The van der Waals surface area contributed by atoms with E-state index in [2.05, 4.69) is 15.0 Å². The van der Waals surface area contributed by atoms with Crippen LogP contribution in [-0.4, -0.2) is 81.8 Å². The van der Waals surface area contributed by atoms with Crippen molar-refractivity contribution in [2.45, 2.75) is 55.6 Å². The van der Waals surface area contributed by atoms with Gasteiger partial charge in [0.05, 0.1) is 12.9 Å². The molecule has 2 aromatic heterocycles.